The number of aliphatic hydroxyl groups excluding tert-OH is 1. The molecule has 0 bridgehead atoms. The number of benzene rings is 1. The number of imidazole rings is 1. The van der Waals surface area contributed by atoms with Crippen molar-refractivity contribution in [2.45, 2.75) is 71.2 Å². The van der Waals surface area contributed by atoms with Gasteiger partial charge in [-0.15, -0.1) is 0 Å². The van der Waals surface area contributed by atoms with E-state index in [4.69, 9.17) is 14.5 Å². The Labute approximate surface area is 223 Å². The predicted molar refractivity (Wildman–Crippen MR) is 147 cm³/mol. The van der Waals surface area contributed by atoms with Gasteiger partial charge in [-0.3, -0.25) is 9.59 Å². The highest BCUT2D eigenvalue weighted by Gasteiger charge is 2.28. The van der Waals surface area contributed by atoms with Crippen LogP contribution >= 0.6 is 0 Å². The second kappa shape index (κ2) is 12.2. The highest BCUT2D eigenvalue weighted by Crippen LogP contribution is 2.29. The van der Waals surface area contributed by atoms with Gasteiger partial charge in [0.25, 0.3) is 5.56 Å². The molecule has 206 valence electrons. The Balaban J connectivity index is 1.55. The number of carbonyl (C=O) groups excluding carboxylic acids is 1. The average molecular weight is 525 g/mol. The van der Waals surface area contributed by atoms with Gasteiger partial charge < -0.3 is 29.0 Å². The van der Waals surface area contributed by atoms with Crippen LogP contribution in [0.1, 0.15) is 56.7 Å². The summed E-state index contributed by atoms with van der Waals surface area (Å²) >= 11 is 0. The van der Waals surface area contributed by atoms with Crippen molar-refractivity contribution in [2.75, 3.05) is 20.3 Å². The van der Waals surface area contributed by atoms with Gasteiger partial charge >= 0.3 is 5.97 Å². The van der Waals surface area contributed by atoms with Crippen LogP contribution < -0.4 is 10.9 Å². The molecular formula is C29H40N4O5. The van der Waals surface area contributed by atoms with Crippen molar-refractivity contribution in [3.8, 4) is 11.4 Å². The molecule has 1 aliphatic rings. The number of carbonyl (C=O) groups is 1. The maximum Gasteiger partial charge on any atom is 0.313 e. The lowest BCUT2D eigenvalue weighted by Crippen LogP contribution is -2.38. The first-order valence-corrected chi connectivity index (χ1v) is 13.5. The van der Waals surface area contributed by atoms with E-state index in [0.29, 0.717) is 25.3 Å². The van der Waals surface area contributed by atoms with Crippen molar-refractivity contribution in [1.82, 2.24) is 19.4 Å². The molecule has 0 amide bonds. The van der Waals surface area contributed by atoms with Crippen molar-refractivity contribution in [3.05, 3.63) is 51.9 Å². The van der Waals surface area contributed by atoms with Crippen LogP contribution in [0, 0.1) is 12.8 Å². The number of nitrogens with one attached hydrogen (secondary N) is 1. The fourth-order valence-corrected chi connectivity index (χ4v) is 5.30. The average Bonchev–Trinajstić information content (AvgIpc) is 3.52. The van der Waals surface area contributed by atoms with Crippen molar-refractivity contribution in [2.24, 2.45) is 13.0 Å². The van der Waals surface area contributed by atoms with Crippen molar-refractivity contribution >= 4 is 17.0 Å². The van der Waals surface area contributed by atoms with Crippen LogP contribution in [0.4, 0.5) is 0 Å². The molecule has 2 aromatic heterocycles. The number of aliphatic hydroxyl groups is 1. The van der Waals surface area contributed by atoms with Gasteiger partial charge in [-0.05, 0) is 70.2 Å². The number of fused-ring (bicyclic) bond motifs is 1. The quantitative estimate of drug-likeness (QED) is 0.370. The molecule has 9 nitrogen and oxygen atoms in total. The van der Waals surface area contributed by atoms with E-state index in [1.165, 1.54) is 0 Å². The lowest BCUT2D eigenvalue weighted by molar-refractivity contribution is -0.157. The third-order valence-electron chi connectivity index (χ3n) is 7.39. The first-order valence-electron chi connectivity index (χ1n) is 13.5. The lowest BCUT2D eigenvalue weighted by atomic mass is 10.0. The molecule has 0 radical (unpaired) electrons. The monoisotopic (exact) mass is 524 g/mol. The molecule has 3 atom stereocenters. The van der Waals surface area contributed by atoms with E-state index < -0.39 is 12.0 Å². The third-order valence-corrected chi connectivity index (χ3v) is 7.39. The summed E-state index contributed by atoms with van der Waals surface area (Å²) in [7, 11) is 3.43. The molecule has 1 fully saturated rings. The molecule has 1 aromatic carbocycles. The Bertz CT molecular complexity index is 1300. The summed E-state index contributed by atoms with van der Waals surface area (Å²) in [6.07, 6.45) is 4.97. The van der Waals surface area contributed by atoms with Crippen molar-refractivity contribution < 1.29 is 19.4 Å². The molecule has 9 heteroatoms. The summed E-state index contributed by atoms with van der Waals surface area (Å²) in [6.45, 7) is 6.88. The highest BCUT2D eigenvalue weighted by molar-refractivity contribution is 5.81. The molecule has 1 unspecified atom stereocenters. The molecule has 4 rings (SSSR count). The van der Waals surface area contributed by atoms with Crippen molar-refractivity contribution in [3.63, 3.8) is 0 Å². The van der Waals surface area contributed by atoms with Gasteiger partial charge in [-0.25, -0.2) is 4.98 Å². The zero-order chi connectivity index (χ0) is 27.4. The number of rotatable bonds is 11. The summed E-state index contributed by atoms with van der Waals surface area (Å²) < 4.78 is 14.8. The zero-order valence-corrected chi connectivity index (χ0v) is 23.1. The SMILES string of the molecule is COC[C@H](C)n1c(-c2cc(C)c(=O)n(C)c2)nc2cc(CNCC(C(=O)OC3CCCC3)[C@@H](C)O)ccc21. The standard InChI is InChI=1S/C29H40N4O5/c1-18-12-22(16-32(4)28(18)35)27-31-25-13-21(10-11-26(25)33(27)19(2)17-37-5)14-30-15-24(20(3)34)29(36)38-23-8-6-7-9-23/h10-13,16,19-20,23-24,30,34H,6-9,14-15,17H2,1-5H3/t19-,20+,24?/m0/s1. The molecule has 38 heavy (non-hydrogen) atoms. The summed E-state index contributed by atoms with van der Waals surface area (Å²) in [5.74, 6) is -0.178. The number of hydrogen-bond donors (Lipinski definition) is 2. The van der Waals surface area contributed by atoms with Gasteiger partial charge in [0, 0.05) is 44.6 Å². The van der Waals surface area contributed by atoms with E-state index in [1.807, 2.05) is 37.4 Å². The zero-order valence-electron chi connectivity index (χ0n) is 23.1. The molecule has 2 N–H and O–H groups in total. The van der Waals surface area contributed by atoms with E-state index in [0.717, 1.165) is 53.7 Å². The molecule has 1 saturated carbocycles. The number of esters is 1. The number of ether oxygens (including phenoxy) is 2. The van der Waals surface area contributed by atoms with E-state index in [9.17, 15) is 14.7 Å². The number of methoxy groups -OCH3 is 1. The predicted octanol–water partition coefficient (Wildman–Crippen LogP) is 3.49. The number of aromatic nitrogens is 3. The number of hydrogen-bond acceptors (Lipinski definition) is 7. The van der Waals surface area contributed by atoms with Gasteiger partial charge in [0.2, 0.25) is 0 Å². The van der Waals surface area contributed by atoms with Crippen LogP contribution in [0.3, 0.4) is 0 Å². The summed E-state index contributed by atoms with van der Waals surface area (Å²) in [5.41, 5.74) is 4.31. The second-order valence-electron chi connectivity index (χ2n) is 10.6. The molecule has 1 aliphatic carbocycles. The van der Waals surface area contributed by atoms with E-state index in [2.05, 4.69) is 16.8 Å². The topological polar surface area (TPSA) is 108 Å². The normalized spacial score (nSPS) is 16.6. The smallest absolute Gasteiger partial charge is 0.313 e. The van der Waals surface area contributed by atoms with E-state index >= 15 is 0 Å². The van der Waals surface area contributed by atoms with Crippen LogP contribution in [0.25, 0.3) is 22.4 Å². The minimum absolute atomic E-state index is 0.0215. The van der Waals surface area contributed by atoms with Gasteiger partial charge in [-0.1, -0.05) is 6.07 Å². The van der Waals surface area contributed by atoms with Gasteiger partial charge in [0.05, 0.1) is 35.7 Å². The third kappa shape index (κ3) is 6.17. The van der Waals surface area contributed by atoms with Crippen LogP contribution in [0.15, 0.2) is 35.3 Å². The molecule has 0 saturated heterocycles. The second-order valence-corrected chi connectivity index (χ2v) is 10.6. The highest BCUT2D eigenvalue weighted by atomic mass is 16.5. The van der Waals surface area contributed by atoms with E-state index in [-0.39, 0.29) is 23.7 Å². The first kappa shape index (κ1) is 28.0. The first-order chi connectivity index (χ1) is 18.2. The van der Waals surface area contributed by atoms with Crippen LogP contribution in [0.5, 0.6) is 0 Å². The van der Waals surface area contributed by atoms with Crippen LogP contribution in [-0.4, -0.2) is 57.7 Å². The minimum Gasteiger partial charge on any atom is -0.462 e. The molecule has 3 aromatic rings. The Hall–Kier alpha value is -3.01. The molecule has 0 aliphatic heterocycles. The maximum atomic E-state index is 12.7. The van der Waals surface area contributed by atoms with Crippen LogP contribution in [-0.2, 0) is 27.9 Å². The largest absolute Gasteiger partial charge is 0.462 e. The Morgan fingerprint density at radius 3 is 2.63 bits per heavy atom. The van der Waals surface area contributed by atoms with Crippen molar-refractivity contribution in [1.29, 1.82) is 0 Å². The Kier molecular flexibility index (Phi) is 9.02. The Morgan fingerprint density at radius 2 is 1.97 bits per heavy atom. The van der Waals surface area contributed by atoms with Gasteiger partial charge in [-0.2, -0.15) is 0 Å². The fraction of sp³-hybridized carbons (Fsp3) is 0.552. The molecular weight excluding hydrogens is 484 g/mol. The molecule has 2 heterocycles. The maximum absolute atomic E-state index is 12.7. The summed E-state index contributed by atoms with van der Waals surface area (Å²) in [4.78, 5) is 29.9. The Morgan fingerprint density at radius 1 is 1.24 bits per heavy atom. The number of nitrogens with zero attached hydrogens (tertiary/aromatic N) is 3. The lowest BCUT2D eigenvalue weighted by Gasteiger charge is -2.21. The summed E-state index contributed by atoms with van der Waals surface area (Å²) in [5, 5.41) is 13.5. The summed E-state index contributed by atoms with van der Waals surface area (Å²) in [6, 6.07) is 8.02. The molecule has 0 spiro atoms. The van der Waals surface area contributed by atoms with Crippen LogP contribution in [0.2, 0.25) is 0 Å². The van der Waals surface area contributed by atoms with E-state index in [1.54, 1.807) is 25.6 Å². The number of aryl methyl sites for hydroxylation is 2. The minimum atomic E-state index is -0.801. The van der Waals surface area contributed by atoms with Gasteiger partial charge in [0.1, 0.15) is 11.9 Å². The van der Waals surface area contributed by atoms with Gasteiger partial charge in [0.15, 0.2) is 0 Å². The number of pyridine rings is 1. The fourth-order valence-electron chi connectivity index (χ4n) is 5.30.